The number of benzene rings is 1. The molecule has 2 rings (SSSR count). The molecule has 0 saturated heterocycles. The lowest BCUT2D eigenvalue weighted by Gasteiger charge is -2.24. The number of halogens is 1. The van der Waals surface area contributed by atoms with E-state index in [2.05, 4.69) is 0 Å². The molecule has 1 aromatic carbocycles. The van der Waals surface area contributed by atoms with Crippen LogP contribution in [0.15, 0.2) is 17.0 Å². The monoisotopic (exact) mass is 342 g/mol. The van der Waals surface area contributed by atoms with Gasteiger partial charge in [0, 0.05) is 0 Å². The van der Waals surface area contributed by atoms with Crippen LogP contribution in [0.5, 0.6) is 0 Å². The maximum Gasteiger partial charge on any atom is 0.372 e. The van der Waals surface area contributed by atoms with Crippen LogP contribution < -0.4 is 0 Å². The smallest absolute Gasteiger partial charge is 0.372 e. The largest absolute Gasteiger partial charge is 0.478 e. The molecule has 0 aromatic heterocycles. The molecular weight excluding hydrogens is 324 g/mol. The van der Waals surface area contributed by atoms with Crippen molar-refractivity contribution in [3.05, 3.63) is 28.3 Å². The van der Waals surface area contributed by atoms with E-state index >= 15 is 0 Å². The van der Waals surface area contributed by atoms with Gasteiger partial charge < -0.3 is 9.84 Å². The van der Waals surface area contributed by atoms with Crippen LogP contribution in [-0.2, 0) is 4.74 Å². The first-order valence-electron chi connectivity index (χ1n) is 7.44. The molecule has 1 fully saturated rings. The number of thioether (sulfide) groups is 1. The van der Waals surface area contributed by atoms with E-state index < -0.39 is 11.3 Å². The maximum absolute atomic E-state index is 11.7. The number of rotatable bonds is 4. The Hall–Kier alpha value is -1.20. The number of ether oxygens (including phenoxy) is 1. The second-order valence-electron chi connectivity index (χ2n) is 5.27. The van der Waals surface area contributed by atoms with Crippen molar-refractivity contribution in [3.8, 4) is 0 Å². The van der Waals surface area contributed by atoms with E-state index in [1.165, 1.54) is 6.42 Å². The van der Waals surface area contributed by atoms with Gasteiger partial charge in [0.1, 0.15) is 0 Å². The Bertz CT molecular complexity index is 568. The molecule has 6 heteroatoms. The quantitative estimate of drug-likeness (QED) is 0.591. The molecule has 0 amide bonds. The summed E-state index contributed by atoms with van der Waals surface area (Å²) >= 11 is 7.20. The van der Waals surface area contributed by atoms with Crippen LogP contribution in [0.3, 0.4) is 0 Å². The molecule has 0 atom stereocenters. The lowest BCUT2D eigenvalue weighted by atomic mass is 9.84. The minimum absolute atomic E-state index is 0.0441. The van der Waals surface area contributed by atoms with E-state index in [1.807, 2.05) is 0 Å². The van der Waals surface area contributed by atoms with Crippen molar-refractivity contribution in [2.45, 2.75) is 49.8 Å². The summed E-state index contributed by atoms with van der Waals surface area (Å²) in [7, 11) is 0. The molecule has 1 aliphatic rings. The van der Waals surface area contributed by atoms with Gasteiger partial charge in [-0.2, -0.15) is 0 Å². The highest BCUT2D eigenvalue weighted by atomic mass is 35.5. The number of carbonyl (C=O) groups is 2. The molecule has 1 saturated carbocycles. The fourth-order valence-corrected chi connectivity index (χ4v) is 4.05. The summed E-state index contributed by atoms with van der Waals surface area (Å²) in [5, 5.41) is 9.15. The first kappa shape index (κ1) is 17.2. The highest BCUT2D eigenvalue weighted by Crippen LogP contribution is 2.42. The van der Waals surface area contributed by atoms with Crippen LogP contribution in [-0.4, -0.2) is 23.0 Å². The normalized spacial score (nSPS) is 15.5. The van der Waals surface area contributed by atoms with Gasteiger partial charge in [-0.3, -0.25) is 0 Å². The molecular formula is C16H19ClO4S. The summed E-state index contributed by atoms with van der Waals surface area (Å²) in [6, 6.07) is 3.33. The molecule has 0 spiro atoms. The molecule has 0 radical (unpaired) electrons. The first-order valence-corrected chi connectivity index (χ1v) is 8.64. The Morgan fingerprint density at radius 3 is 2.59 bits per heavy atom. The van der Waals surface area contributed by atoms with Crippen molar-refractivity contribution in [1.82, 2.24) is 0 Å². The van der Waals surface area contributed by atoms with Gasteiger partial charge in [-0.05, 0) is 49.1 Å². The highest BCUT2D eigenvalue weighted by Gasteiger charge is 2.25. The minimum atomic E-state index is -1.09. The molecule has 0 bridgehead atoms. The Kier molecular flexibility index (Phi) is 6.15. The lowest BCUT2D eigenvalue weighted by Crippen LogP contribution is -2.09. The van der Waals surface area contributed by atoms with Crippen molar-refractivity contribution in [2.24, 2.45) is 0 Å². The zero-order valence-corrected chi connectivity index (χ0v) is 14.0. The number of hydrogen-bond acceptors (Lipinski definition) is 4. The Morgan fingerprint density at radius 1 is 1.32 bits per heavy atom. The summed E-state index contributed by atoms with van der Waals surface area (Å²) < 4.78 is 4.89. The second-order valence-corrected chi connectivity index (χ2v) is 6.59. The summed E-state index contributed by atoms with van der Waals surface area (Å²) in [4.78, 5) is 23.4. The van der Waals surface area contributed by atoms with Gasteiger partial charge in [-0.15, -0.1) is 0 Å². The van der Waals surface area contributed by atoms with Crippen LogP contribution in [0.25, 0.3) is 0 Å². The lowest BCUT2D eigenvalue weighted by molar-refractivity contribution is 0.0693. The number of carbonyl (C=O) groups excluding carboxylic acids is 1. The zero-order chi connectivity index (χ0) is 16.1. The fourth-order valence-electron chi connectivity index (χ4n) is 2.80. The third-order valence-corrected chi connectivity index (χ3v) is 5.28. The number of aromatic carboxylic acids is 1. The second kappa shape index (κ2) is 7.88. The SMILES string of the molecule is CCOC(=O)Sc1c(C(=O)O)ccc(C2CCCCC2)c1Cl. The summed E-state index contributed by atoms with van der Waals surface area (Å²) in [5.41, 5.74) is 0.987. The maximum atomic E-state index is 11.7. The van der Waals surface area contributed by atoms with Gasteiger partial charge in [0.15, 0.2) is 0 Å². The van der Waals surface area contributed by atoms with E-state index in [9.17, 15) is 14.7 Å². The molecule has 0 unspecified atom stereocenters. The van der Waals surface area contributed by atoms with Crippen molar-refractivity contribution in [3.63, 3.8) is 0 Å². The van der Waals surface area contributed by atoms with Crippen LogP contribution in [0, 0.1) is 0 Å². The average Bonchev–Trinajstić information content (AvgIpc) is 2.50. The van der Waals surface area contributed by atoms with Crippen molar-refractivity contribution < 1.29 is 19.4 Å². The van der Waals surface area contributed by atoms with Crippen LogP contribution in [0.4, 0.5) is 4.79 Å². The third kappa shape index (κ3) is 3.96. The number of hydrogen-bond donors (Lipinski definition) is 1. The van der Waals surface area contributed by atoms with Crippen molar-refractivity contribution in [2.75, 3.05) is 6.61 Å². The van der Waals surface area contributed by atoms with Crippen LogP contribution in [0.1, 0.15) is 60.9 Å². The van der Waals surface area contributed by atoms with Gasteiger partial charge in [0.2, 0.25) is 0 Å². The number of carboxylic acids is 1. The van der Waals surface area contributed by atoms with Crippen LogP contribution >= 0.6 is 23.4 Å². The van der Waals surface area contributed by atoms with Crippen molar-refractivity contribution in [1.29, 1.82) is 0 Å². The Labute approximate surface area is 139 Å². The average molecular weight is 343 g/mol. The van der Waals surface area contributed by atoms with Gasteiger partial charge in [0.25, 0.3) is 0 Å². The van der Waals surface area contributed by atoms with Gasteiger partial charge >= 0.3 is 11.3 Å². The summed E-state index contributed by atoms with van der Waals surface area (Å²) in [5.74, 6) is -0.755. The zero-order valence-electron chi connectivity index (χ0n) is 12.4. The molecule has 22 heavy (non-hydrogen) atoms. The van der Waals surface area contributed by atoms with E-state index in [0.717, 1.165) is 43.0 Å². The highest BCUT2D eigenvalue weighted by molar-refractivity contribution is 8.13. The van der Waals surface area contributed by atoms with Crippen molar-refractivity contribution >= 4 is 34.6 Å². The van der Waals surface area contributed by atoms with E-state index in [1.54, 1.807) is 19.1 Å². The first-order chi connectivity index (χ1) is 10.5. The molecule has 0 aliphatic heterocycles. The standard InChI is InChI=1S/C16H19ClO4S/c1-2-21-16(20)22-14-12(15(18)19)9-8-11(13(14)17)10-6-4-3-5-7-10/h8-10H,2-7H2,1H3,(H,18,19). The van der Waals surface area contributed by atoms with E-state index in [-0.39, 0.29) is 17.1 Å². The molecule has 1 aromatic rings. The van der Waals surface area contributed by atoms with Gasteiger partial charge in [-0.25, -0.2) is 9.59 Å². The fraction of sp³-hybridized carbons (Fsp3) is 0.500. The molecule has 1 aliphatic carbocycles. The Balaban J connectivity index is 2.37. The number of carboxylic acid groups (broad SMARTS) is 1. The molecule has 0 heterocycles. The Morgan fingerprint density at radius 2 is 2.00 bits per heavy atom. The van der Waals surface area contributed by atoms with E-state index in [0.29, 0.717) is 10.9 Å². The van der Waals surface area contributed by atoms with Gasteiger partial charge in [-0.1, -0.05) is 36.9 Å². The minimum Gasteiger partial charge on any atom is -0.478 e. The predicted molar refractivity (Wildman–Crippen MR) is 87.1 cm³/mol. The third-order valence-electron chi connectivity index (χ3n) is 3.85. The molecule has 120 valence electrons. The van der Waals surface area contributed by atoms with Gasteiger partial charge in [0.05, 0.1) is 22.1 Å². The molecule has 4 nitrogen and oxygen atoms in total. The topological polar surface area (TPSA) is 63.6 Å². The summed E-state index contributed by atoms with van der Waals surface area (Å²) in [6.45, 7) is 1.95. The predicted octanol–water partition coefficient (Wildman–Crippen LogP) is 5.33. The van der Waals surface area contributed by atoms with Crippen LogP contribution in [0.2, 0.25) is 5.02 Å². The summed E-state index contributed by atoms with van der Waals surface area (Å²) in [6.07, 6.45) is 5.64. The van der Waals surface area contributed by atoms with E-state index in [4.69, 9.17) is 16.3 Å². The molecule has 1 N–H and O–H groups in total.